The number of carbonyl (C=O) groups is 1. The normalized spacial score (nSPS) is 17.4. The van der Waals surface area contributed by atoms with Crippen molar-refractivity contribution in [2.24, 2.45) is 0 Å². The topological polar surface area (TPSA) is 87.7 Å². The third-order valence-electron chi connectivity index (χ3n) is 4.48. The molecule has 1 aliphatic rings. The lowest BCUT2D eigenvalue weighted by Crippen LogP contribution is -2.43. The van der Waals surface area contributed by atoms with E-state index in [4.69, 9.17) is 4.74 Å². The van der Waals surface area contributed by atoms with Crippen molar-refractivity contribution in [2.75, 3.05) is 20.2 Å². The molecule has 144 valence electrons. The molecule has 1 atom stereocenters. The summed E-state index contributed by atoms with van der Waals surface area (Å²) in [6.07, 6.45) is 0.578. The average Bonchev–Trinajstić information content (AvgIpc) is 3.16. The molecule has 7 nitrogen and oxygen atoms in total. The third-order valence-corrected chi connectivity index (χ3v) is 6.36. The van der Waals surface area contributed by atoms with E-state index in [0.29, 0.717) is 25.3 Å². The molecule has 0 aliphatic carbocycles. The number of urea groups is 1. The Bertz CT molecular complexity index is 870. The first kappa shape index (κ1) is 19.2. The van der Waals surface area contributed by atoms with Crippen LogP contribution in [-0.2, 0) is 16.6 Å². The largest absolute Gasteiger partial charge is 0.497 e. The highest BCUT2D eigenvalue weighted by atomic mass is 32.2. The van der Waals surface area contributed by atoms with Gasteiger partial charge in [-0.15, -0.1) is 0 Å². The zero-order valence-electron chi connectivity index (χ0n) is 15.1. The zero-order chi connectivity index (χ0) is 19.3. The molecule has 0 aromatic heterocycles. The number of nitrogens with one attached hydrogen (secondary N) is 2. The van der Waals surface area contributed by atoms with Crippen molar-refractivity contribution < 1.29 is 17.9 Å². The second-order valence-corrected chi connectivity index (χ2v) is 8.27. The lowest BCUT2D eigenvalue weighted by molar-refractivity contribution is 0.237. The van der Waals surface area contributed by atoms with Crippen LogP contribution in [0.2, 0.25) is 0 Å². The van der Waals surface area contributed by atoms with Crippen LogP contribution in [0.15, 0.2) is 59.5 Å². The standard InChI is InChI=1S/C19H23N3O4S/c1-26-17-7-9-18(10-8-17)27(24,25)22-12-11-16(14-22)21-19(23)20-13-15-5-3-2-4-6-15/h2-10,16H,11-14H2,1H3,(H2,20,21,23). The lowest BCUT2D eigenvalue weighted by atomic mass is 10.2. The highest BCUT2D eigenvalue weighted by Gasteiger charge is 2.33. The van der Waals surface area contributed by atoms with Gasteiger partial charge in [0.2, 0.25) is 10.0 Å². The minimum absolute atomic E-state index is 0.214. The van der Waals surface area contributed by atoms with Gasteiger partial charge in [-0.05, 0) is 36.2 Å². The highest BCUT2D eigenvalue weighted by Crippen LogP contribution is 2.23. The van der Waals surface area contributed by atoms with Crippen LogP contribution in [0.5, 0.6) is 5.75 Å². The van der Waals surface area contributed by atoms with E-state index in [1.165, 1.54) is 23.5 Å². The molecular formula is C19H23N3O4S. The van der Waals surface area contributed by atoms with Crippen LogP contribution in [-0.4, -0.2) is 45.0 Å². The maximum Gasteiger partial charge on any atom is 0.315 e. The number of benzene rings is 2. The summed E-state index contributed by atoms with van der Waals surface area (Å²) in [5, 5.41) is 5.64. The van der Waals surface area contributed by atoms with Crippen molar-refractivity contribution in [2.45, 2.75) is 23.9 Å². The summed E-state index contributed by atoms with van der Waals surface area (Å²) in [6.45, 7) is 1.05. The molecule has 0 spiro atoms. The molecule has 0 bridgehead atoms. The van der Waals surface area contributed by atoms with Crippen LogP contribution in [0, 0.1) is 0 Å². The molecule has 1 saturated heterocycles. The van der Waals surface area contributed by atoms with Gasteiger partial charge in [0.15, 0.2) is 0 Å². The minimum Gasteiger partial charge on any atom is -0.497 e. The van der Waals surface area contributed by atoms with Crippen molar-refractivity contribution in [3.05, 3.63) is 60.2 Å². The first-order chi connectivity index (χ1) is 13.0. The lowest BCUT2D eigenvalue weighted by Gasteiger charge is -2.17. The summed E-state index contributed by atoms with van der Waals surface area (Å²) >= 11 is 0. The van der Waals surface area contributed by atoms with Gasteiger partial charge in [0.25, 0.3) is 0 Å². The highest BCUT2D eigenvalue weighted by molar-refractivity contribution is 7.89. The molecule has 2 aromatic carbocycles. The summed E-state index contributed by atoms with van der Waals surface area (Å²) in [5.74, 6) is 0.602. The fraction of sp³-hybridized carbons (Fsp3) is 0.316. The van der Waals surface area contributed by atoms with E-state index in [-0.39, 0.29) is 23.5 Å². The quantitative estimate of drug-likeness (QED) is 0.791. The zero-order valence-corrected chi connectivity index (χ0v) is 15.9. The van der Waals surface area contributed by atoms with Crippen molar-refractivity contribution in [3.8, 4) is 5.75 Å². The van der Waals surface area contributed by atoms with E-state index in [2.05, 4.69) is 10.6 Å². The van der Waals surface area contributed by atoms with Crippen molar-refractivity contribution >= 4 is 16.1 Å². The Hall–Kier alpha value is -2.58. The molecule has 0 radical (unpaired) electrons. The molecule has 3 rings (SSSR count). The van der Waals surface area contributed by atoms with E-state index < -0.39 is 10.0 Å². The molecular weight excluding hydrogens is 366 g/mol. The van der Waals surface area contributed by atoms with Crippen molar-refractivity contribution in [1.29, 1.82) is 0 Å². The Morgan fingerprint density at radius 3 is 2.52 bits per heavy atom. The van der Waals surface area contributed by atoms with Crippen molar-refractivity contribution in [1.82, 2.24) is 14.9 Å². The van der Waals surface area contributed by atoms with Gasteiger partial charge < -0.3 is 15.4 Å². The van der Waals surface area contributed by atoms with E-state index in [0.717, 1.165) is 5.56 Å². The summed E-state index contributed by atoms with van der Waals surface area (Å²) in [6, 6.07) is 15.4. The number of methoxy groups -OCH3 is 1. The van der Waals surface area contributed by atoms with E-state index >= 15 is 0 Å². The molecule has 2 aromatic rings. The van der Waals surface area contributed by atoms with E-state index in [1.54, 1.807) is 12.1 Å². The van der Waals surface area contributed by atoms with Crippen LogP contribution in [0.4, 0.5) is 4.79 Å². The first-order valence-corrected chi connectivity index (χ1v) is 10.2. The molecule has 1 fully saturated rings. The summed E-state index contributed by atoms with van der Waals surface area (Å²) in [4.78, 5) is 12.3. The van der Waals surface area contributed by atoms with Gasteiger partial charge in [-0.25, -0.2) is 13.2 Å². The fourth-order valence-corrected chi connectivity index (χ4v) is 4.48. The monoisotopic (exact) mass is 389 g/mol. The number of rotatable bonds is 6. The van der Waals surface area contributed by atoms with E-state index in [1.807, 2.05) is 30.3 Å². The summed E-state index contributed by atoms with van der Waals surface area (Å²) < 4.78 is 31.9. The number of sulfonamides is 1. The second-order valence-electron chi connectivity index (χ2n) is 6.34. The molecule has 1 unspecified atom stereocenters. The van der Waals surface area contributed by atoms with Gasteiger partial charge in [0.1, 0.15) is 5.75 Å². The van der Waals surface area contributed by atoms with Gasteiger partial charge in [-0.2, -0.15) is 4.31 Å². The first-order valence-electron chi connectivity index (χ1n) is 8.71. The number of carbonyl (C=O) groups excluding carboxylic acids is 1. The maximum absolute atomic E-state index is 12.7. The van der Waals surface area contributed by atoms with Crippen molar-refractivity contribution in [3.63, 3.8) is 0 Å². The predicted octanol–water partition coefficient (Wildman–Crippen LogP) is 1.96. The van der Waals surface area contributed by atoms with Crippen LogP contribution in [0.25, 0.3) is 0 Å². The van der Waals surface area contributed by atoms with Gasteiger partial charge in [-0.1, -0.05) is 30.3 Å². The van der Waals surface area contributed by atoms with Gasteiger partial charge >= 0.3 is 6.03 Å². The van der Waals surface area contributed by atoms with Gasteiger partial charge in [0.05, 0.1) is 12.0 Å². The molecule has 8 heteroatoms. The Kier molecular flexibility index (Phi) is 5.98. The number of hydrogen-bond donors (Lipinski definition) is 2. The average molecular weight is 389 g/mol. The Labute approximate surface area is 159 Å². The van der Waals surface area contributed by atoms with Crippen LogP contribution in [0.3, 0.4) is 0 Å². The molecule has 1 heterocycles. The third kappa shape index (κ3) is 4.78. The van der Waals surface area contributed by atoms with Crippen LogP contribution >= 0.6 is 0 Å². The number of amides is 2. The van der Waals surface area contributed by atoms with Gasteiger partial charge in [0, 0.05) is 25.7 Å². The smallest absolute Gasteiger partial charge is 0.315 e. The molecule has 2 N–H and O–H groups in total. The number of hydrogen-bond acceptors (Lipinski definition) is 4. The Morgan fingerprint density at radius 2 is 1.85 bits per heavy atom. The van der Waals surface area contributed by atoms with E-state index in [9.17, 15) is 13.2 Å². The molecule has 2 amide bonds. The number of ether oxygens (including phenoxy) is 1. The van der Waals surface area contributed by atoms with Crippen LogP contribution < -0.4 is 15.4 Å². The Balaban J connectivity index is 1.53. The number of nitrogens with zero attached hydrogens (tertiary/aromatic N) is 1. The molecule has 1 aliphatic heterocycles. The summed E-state index contributed by atoms with van der Waals surface area (Å²) in [7, 11) is -2.05. The second kappa shape index (κ2) is 8.41. The van der Waals surface area contributed by atoms with Gasteiger partial charge in [-0.3, -0.25) is 0 Å². The molecule has 0 saturated carbocycles. The summed E-state index contributed by atoms with van der Waals surface area (Å²) in [5.41, 5.74) is 1.00. The fourth-order valence-electron chi connectivity index (χ4n) is 2.98. The SMILES string of the molecule is COc1ccc(S(=O)(=O)N2CCC(NC(=O)NCc3ccccc3)C2)cc1. The molecule has 27 heavy (non-hydrogen) atoms. The predicted molar refractivity (Wildman–Crippen MR) is 102 cm³/mol. The Morgan fingerprint density at radius 1 is 1.15 bits per heavy atom. The maximum atomic E-state index is 12.7. The minimum atomic E-state index is -3.58. The van der Waals surface area contributed by atoms with Crippen LogP contribution in [0.1, 0.15) is 12.0 Å².